The van der Waals surface area contributed by atoms with Crippen molar-refractivity contribution in [3.63, 3.8) is 0 Å². The number of benzene rings is 3. The monoisotopic (exact) mass is 435 g/mol. The zero-order valence-corrected chi connectivity index (χ0v) is 19.4. The second kappa shape index (κ2) is 7.78. The number of carbonyl (C=O) groups excluding carboxylic acids is 1. The maximum atomic E-state index is 12.9. The van der Waals surface area contributed by atoms with Gasteiger partial charge in [0.05, 0.1) is 0 Å². The number of ether oxygens (including phenoxy) is 1. The Morgan fingerprint density at radius 3 is 1.71 bits per heavy atom. The Labute approximate surface area is 184 Å². The summed E-state index contributed by atoms with van der Waals surface area (Å²) in [6.07, 6.45) is -0.580. The quantitative estimate of drug-likeness (QED) is 0.546. The first-order valence-corrected chi connectivity index (χ1v) is 12.8. The van der Waals surface area contributed by atoms with Crippen molar-refractivity contribution in [1.82, 2.24) is 5.09 Å². The van der Waals surface area contributed by atoms with Gasteiger partial charge in [0.1, 0.15) is 0 Å². The predicted molar refractivity (Wildman–Crippen MR) is 128 cm³/mol. The third-order valence-electron chi connectivity index (χ3n) is 6.18. The number of hydrogen-bond donors (Lipinski definition) is 1. The molecule has 0 bridgehead atoms. The van der Waals surface area contributed by atoms with E-state index >= 15 is 0 Å². The van der Waals surface area contributed by atoms with Crippen molar-refractivity contribution in [2.45, 2.75) is 32.5 Å². The van der Waals surface area contributed by atoms with Crippen LogP contribution >= 0.6 is 6.98 Å². The van der Waals surface area contributed by atoms with E-state index in [1.165, 1.54) is 7.11 Å². The van der Waals surface area contributed by atoms with Gasteiger partial charge >= 0.3 is 184 Å². The van der Waals surface area contributed by atoms with E-state index in [-0.39, 0.29) is 17.2 Å². The fourth-order valence-corrected chi connectivity index (χ4v) is 11.0. The van der Waals surface area contributed by atoms with Gasteiger partial charge in [-0.05, 0) is 0 Å². The van der Waals surface area contributed by atoms with Gasteiger partial charge in [-0.15, -0.1) is 0 Å². The van der Waals surface area contributed by atoms with E-state index in [0.717, 1.165) is 16.2 Å². The summed E-state index contributed by atoms with van der Waals surface area (Å²) in [4.78, 5) is 12.9. The first-order valence-electron chi connectivity index (χ1n) is 10.6. The molecular weight excluding hydrogens is 405 g/mol. The Hall–Kier alpha value is -2.68. The number of hydrogen-bond acceptors (Lipinski definition) is 3. The molecule has 2 unspecified atom stereocenters. The number of methoxy groups -OCH3 is 1. The Morgan fingerprint density at radius 1 is 0.839 bits per heavy atom. The first-order chi connectivity index (χ1) is 14.8. The summed E-state index contributed by atoms with van der Waals surface area (Å²) in [6.45, 7) is 2.84. The van der Waals surface area contributed by atoms with Crippen LogP contribution in [0, 0.1) is 5.41 Å². The third kappa shape index (κ3) is 3.26. The van der Waals surface area contributed by atoms with Crippen LogP contribution < -0.4 is 15.7 Å². The Balaban J connectivity index is 2.10. The molecule has 1 heterocycles. The van der Waals surface area contributed by atoms with Crippen LogP contribution in [0.5, 0.6) is 0 Å². The fraction of sp³-hybridized carbons (Fsp3) is 0.269. The van der Waals surface area contributed by atoms with E-state index in [2.05, 4.69) is 62.3 Å². The van der Waals surface area contributed by atoms with Crippen molar-refractivity contribution in [2.75, 3.05) is 7.11 Å². The normalized spacial score (nSPS) is 22.9. The zero-order valence-electron chi connectivity index (χ0n) is 18.5. The van der Waals surface area contributed by atoms with Crippen LogP contribution in [0.3, 0.4) is 0 Å². The predicted octanol–water partition coefficient (Wildman–Crippen LogP) is 5.56. The number of rotatable bonds is 4. The molecule has 1 amide bonds. The molecule has 0 radical (unpaired) electrons. The number of nitrogens with one attached hydrogen (secondary N) is 1. The van der Waals surface area contributed by atoms with Gasteiger partial charge in [0.2, 0.25) is 0 Å². The van der Waals surface area contributed by atoms with E-state index in [9.17, 15) is 4.79 Å². The summed E-state index contributed by atoms with van der Waals surface area (Å²) in [6, 6.07) is 30.6. The zero-order chi connectivity index (χ0) is 22.1. The molecule has 162 valence electrons. The summed E-state index contributed by atoms with van der Waals surface area (Å²) in [7, 11) is 1.40. The van der Waals surface area contributed by atoms with Crippen molar-refractivity contribution < 1.29 is 14.1 Å². The number of amides is 1. The van der Waals surface area contributed by atoms with Crippen LogP contribution in [0.2, 0.25) is 0 Å². The van der Waals surface area contributed by atoms with Gasteiger partial charge in [0.25, 0.3) is 0 Å². The van der Waals surface area contributed by atoms with E-state index in [1.54, 1.807) is 0 Å². The molecule has 0 aromatic heterocycles. The van der Waals surface area contributed by atoms with Crippen LogP contribution in [0.25, 0.3) is 0 Å². The fourth-order valence-electron chi connectivity index (χ4n) is 4.79. The van der Waals surface area contributed by atoms with E-state index in [1.807, 2.05) is 54.6 Å². The van der Waals surface area contributed by atoms with Crippen molar-refractivity contribution >= 4 is 23.7 Å². The summed E-state index contributed by atoms with van der Waals surface area (Å²) in [5.41, 5.74) is 0.954. The minimum atomic E-state index is -3.72. The van der Waals surface area contributed by atoms with Gasteiger partial charge < -0.3 is 0 Å². The second-order valence-electron chi connectivity index (χ2n) is 9.12. The summed E-state index contributed by atoms with van der Waals surface area (Å²) < 4.78 is 12.3. The molecule has 2 atom stereocenters. The van der Waals surface area contributed by atoms with Crippen molar-refractivity contribution in [2.24, 2.45) is 5.41 Å². The molecule has 4 rings (SSSR count). The summed E-state index contributed by atoms with van der Waals surface area (Å²) in [5, 5.41) is 5.29. The molecule has 4 nitrogen and oxygen atoms in total. The minimum absolute atomic E-state index is 0.0592. The summed E-state index contributed by atoms with van der Waals surface area (Å²) >= 11 is 0. The maximum absolute atomic E-state index is 12.9. The van der Waals surface area contributed by atoms with Gasteiger partial charge in [0, 0.05) is 0 Å². The van der Waals surface area contributed by atoms with E-state index in [4.69, 9.17) is 9.26 Å². The first kappa shape index (κ1) is 21.5. The van der Waals surface area contributed by atoms with Crippen LogP contribution in [0.4, 0.5) is 4.79 Å². The molecule has 0 spiro atoms. The molecule has 1 N–H and O–H groups in total. The van der Waals surface area contributed by atoms with Gasteiger partial charge in [0.15, 0.2) is 0 Å². The standard InChI is InChI=1S/C26H30NO3P/c1-26(2,3)24-23(20-14-8-5-9-15-20)31(30-24,27-25(28)29-4,21-16-10-6-11-17-21)22-18-12-7-13-19-22/h5-19,23-24H,1-4H3,(H,27,28). The SMILES string of the molecule is COC(=O)NP1(c2ccccc2)(c2ccccc2)OC(C(C)(C)C)C1c1ccccc1. The molecule has 3 aromatic rings. The Bertz CT molecular complexity index is 1010. The summed E-state index contributed by atoms with van der Waals surface area (Å²) in [5.74, 6) is 0. The molecule has 3 aromatic carbocycles. The van der Waals surface area contributed by atoms with Gasteiger partial charge in [-0.1, -0.05) is 0 Å². The third-order valence-corrected chi connectivity index (χ3v) is 11.8. The van der Waals surface area contributed by atoms with Gasteiger partial charge in [-0.2, -0.15) is 0 Å². The molecule has 5 heteroatoms. The Morgan fingerprint density at radius 2 is 1.29 bits per heavy atom. The van der Waals surface area contributed by atoms with Crippen LogP contribution in [-0.2, 0) is 9.26 Å². The molecule has 1 saturated heterocycles. The average molecular weight is 436 g/mol. The molecule has 0 aliphatic carbocycles. The van der Waals surface area contributed by atoms with Gasteiger partial charge in [-0.25, -0.2) is 0 Å². The Kier molecular flexibility index (Phi) is 5.41. The van der Waals surface area contributed by atoms with Crippen LogP contribution in [0.1, 0.15) is 32.0 Å². The molecular formula is C26H30NO3P. The molecule has 1 aliphatic rings. The topological polar surface area (TPSA) is 47.6 Å². The molecule has 1 aliphatic heterocycles. The average Bonchev–Trinajstić information content (AvgIpc) is 2.77. The van der Waals surface area contributed by atoms with Crippen LogP contribution in [0.15, 0.2) is 91.0 Å². The molecule has 31 heavy (non-hydrogen) atoms. The van der Waals surface area contributed by atoms with Crippen molar-refractivity contribution in [3.05, 3.63) is 96.6 Å². The number of carbonyl (C=O) groups is 1. The van der Waals surface area contributed by atoms with Gasteiger partial charge in [-0.3, -0.25) is 0 Å². The van der Waals surface area contributed by atoms with E-state index < -0.39 is 13.1 Å². The van der Waals surface area contributed by atoms with Crippen LogP contribution in [-0.4, -0.2) is 19.3 Å². The molecule has 0 saturated carbocycles. The van der Waals surface area contributed by atoms with E-state index in [0.29, 0.717) is 0 Å². The van der Waals surface area contributed by atoms with Crippen molar-refractivity contribution in [1.29, 1.82) is 0 Å². The second-order valence-corrected chi connectivity index (χ2v) is 13.4. The molecule has 1 fully saturated rings. The van der Waals surface area contributed by atoms with Crippen molar-refractivity contribution in [3.8, 4) is 0 Å².